The van der Waals surface area contributed by atoms with Gasteiger partial charge in [-0.25, -0.2) is 4.98 Å². The fourth-order valence-corrected chi connectivity index (χ4v) is 6.06. The maximum Gasteiger partial charge on any atom is 0.106 e. The van der Waals surface area contributed by atoms with Gasteiger partial charge in [-0.05, 0) is 77.7 Å². The van der Waals surface area contributed by atoms with Crippen LogP contribution in [-0.2, 0) is 6.42 Å². The lowest BCUT2D eigenvalue weighted by atomic mass is 9.48. The smallest absolute Gasteiger partial charge is 0.106 e. The molecular weight excluding hydrogens is 386 g/mol. The van der Waals surface area contributed by atoms with Gasteiger partial charge in [0.1, 0.15) is 4.60 Å². The zero-order valence-corrected chi connectivity index (χ0v) is 16.5. The topological polar surface area (TPSA) is 31.9 Å². The van der Waals surface area contributed by atoms with Crippen molar-refractivity contribution in [2.45, 2.75) is 50.2 Å². The predicted molar refractivity (Wildman–Crippen MR) is 107 cm³/mol. The summed E-state index contributed by atoms with van der Waals surface area (Å²) >= 11 is 3.50. The van der Waals surface area contributed by atoms with E-state index in [1.54, 1.807) is 0 Å². The number of para-hydroxylation sites is 1. The van der Waals surface area contributed by atoms with Crippen LogP contribution in [-0.4, -0.2) is 26.4 Å². The molecule has 26 heavy (non-hydrogen) atoms. The highest BCUT2D eigenvalue weighted by atomic mass is 79.9. The number of aromatic nitrogens is 2. The first kappa shape index (κ1) is 15.4. The number of hydrogen-bond acceptors (Lipinski definition) is 2. The maximum atomic E-state index is 4.56. The van der Waals surface area contributed by atoms with Crippen LogP contribution in [0.1, 0.15) is 49.0 Å². The van der Waals surface area contributed by atoms with Gasteiger partial charge in [0.05, 0.1) is 6.04 Å². The summed E-state index contributed by atoms with van der Waals surface area (Å²) in [6.07, 6.45) is 7.33. The van der Waals surface area contributed by atoms with Gasteiger partial charge in [0.15, 0.2) is 0 Å². The number of fused-ring (bicyclic) bond motifs is 3. The molecule has 3 nitrogen and oxygen atoms in total. The minimum absolute atomic E-state index is 0.281. The molecule has 1 aliphatic heterocycles. The van der Waals surface area contributed by atoms with E-state index in [9.17, 15) is 0 Å². The van der Waals surface area contributed by atoms with E-state index >= 15 is 0 Å². The van der Waals surface area contributed by atoms with Crippen LogP contribution < -0.4 is 0 Å². The average Bonchev–Trinajstić information content (AvgIpc) is 2.92. The number of H-pyrrole nitrogens is 1. The second-order valence-corrected chi connectivity index (χ2v) is 9.36. The van der Waals surface area contributed by atoms with E-state index in [-0.39, 0.29) is 6.04 Å². The number of pyridine rings is 1. The van der Waals surface area contributed by atoms with Gasteiger partial charge >= 0.3 is 0 Å². The van der Waals surface area contributed by atoms with Crippen LogP contribution in [0.15, 0.2) is 47.2 Å². The van der Waals surface area contributed by atoms with Crippen molar-refractivity contribution < 1.29 is 0 Å². The summed E-state index contributed by atoms with van der Waals surface area (Å²) in [7, 11) is 0. The summed E-state index contributed by atoms with van der Waals surface area (Å²) in [5.41, 5.74) is 5.88. The highest BCUT2D eigenvalue weighted by Crippen LogP contribution is 2.64. The molecule has 0 saturated heterocycles. The molecular formula is C22H22BrN3. The molecule has 0 radical (unpaired) electrons. The lowest BCUT2D eigenvalue weighted by Crippen LogP contribution is -2.71. The van der Waals surface area contributed by atoms with E-state index in [0.29, 0.717) is 11.6 Å². The van der Waals surface area contributed by atoms with Crippen molar-refractivity contribution in [2.75, 3.05) is 0 Å². The Hall–Kier alpha value is -1.65. The molecule has 0 amide bonds. The van der Waals surface area contributed by atoms with Gasteiger partial charge in [-0.1, -0.05) is 24.3 Å². The Bertz CT molecular complexity index is 989. The van der Waals surface area contributed by atoms with E-state index in [4.69, 9.17) is 0 Å². The zero-order chi connectivity index (χ0) is 17.5. The van der Waals surface area contributed by atoms with Crippen LogP contribution in [0.2, 0.25) is 0 Å². The first-order valence-corrected chi connectivity index (χ1v) is 10.4. The Labute approximate surface area is 161 Å². The molecule has 0 unspecified atom stereocenters. The highest BCUT2D eigenvalue weighted by molar-refractivity contribution is 9.10. The van der Waals surface area contributed by atoms with Gasteiger partial charge in [-0.2, -0.15) is 0 Å². The van der Waals surface area contributed by atoms with E-state index in [1.807, 2.05) is 0 Å². The Kier molecular flexibility index (Phi) is 3.08. The zero-order valence-electron chi connectivity index (χ0n) is 14.9. The van der Waals surface area contributed by atoms with Gasteiger partial charge < -0.3 is 4.98 Å². The summed E-state index contributed by atoms with van der Waals surface area (Å²) in [4.78, 5) is 11.2. The first-order valence-electron chi connectivity index (χ1n) is 9.64. The van der Waals surface area contributed by atoms with Crippen LogP contribution in [0, 0.1) is 5.92 Å². The van der Waals surface area contributed by atoms with Crippen LogP contribution in [0.4, 0.5) is 0 Å². The van der Waals surface area contributed by atoms with Crippen molar-refractivity contribution in [3.8, 4) is 0 Å². The number of nitrogens with zero attached hydrogens (tertiary/aromatic N) is 2. The molecule has 2 atom stereocenters. The summed E-state index contributed by atoms with van der Waals surface area (Å²) in [5.74, 6) is 0.981. The third-order valence-corrected chi connectivity index (χ3v) is 7.46. The van der Waals surface area contributed by atoms with Crippen LogP contribution in [0.5, 0.6) is 0 Å². The normalized spacial score (nSPS) is 32.8. The minimum Gasteiger partial charge on any atom is -0.357 e. The quantitative estimate of drug-likeness (QED) is 0.590. The van der Waals surface area contributed by atoms with Gasteiger partial charge in [-0.15, -0.1) is 0 Å². The summed E-state index contributed by atoms with van der Waals surface area (Å²) in [6.45, 7) is 2.42. The van der Waals surface area contributed by atoms with Crippen LogP contribution >= 0.6 is 15.9 Å². The SMILES string of the molecule is C[C@@H]1Cc2c([nH]c3ccccc23)[C@@H](c2ccc(Br)nc2)N1C12CC(C1)C2. The summed E-state index contributed by atoms with van der Waals surface area (Å²) in [6, 6.07) is 13.9. The van der Waals surface area contributed by atoms with Crippen molar-refractivity contribution in [1.29, 1.82) is 0 Å². The molecule has 1 N–H and O–H groups in total. The molecule has 3 fully saturated rings. The van der Waals surface area contributed by atoms with Crippen LogP contribution in [0.25, 0.3) is 10.9 Å². The summed E-state index contributed by atoms with van der Waals surface area (Å²) in [5, 5.41) is 1.39. The molecule has 7 rings (SSSR count). The molecule has 2 aromatic heterocycles. The van der Waals surface area contributed by atoms with Gasteiger partial charge in [0, 0.05) is 34.4 Å². The summed E-state index contributed by atoms with van der Waals surface area (Å²) < 4.78 is 0.902. The second-order valence-electron chi connectivity index (χ2n) is 8.54. The molecule has 3 heterocycles. The Morgan fingerprint density at radius 2 is 1.96 bits per heavy atom. The van der Waals surface area contributed by atoms with Crippen LogP contribution in [0.3, 0.4) is 0 Å². The molecule has 3 aliphatic carbocycles. The molecule has 0 spiro atoms. The molecule has 4 heteroatoms. The monoisotopic (exact) mass is 407 g/mol. The number of hydrogen-bond donors (Lipinski definition) is 1. The van der Waals surface area contributed by atoms with Crippen molar-refractivity contribution in [2.24, 2.45) is 5.92 Å². The first-order chi connectivity index (χ1) is 12.6. The maximum absolute atomic E-state index is 4.56. The lowest BCUT2D eigenvalue weighted by Gasteiger charge is -2.70. The Balaban J connectivity index is 1.57. The standard InChI is InChI=1S/C22H22BrN3/c1-13-8-17-16-4-2-3-5-18(16)25-20(17)21(15-6-7-19(23)24-12-15)26(13)22-9-14(10-22)11-22/h2-7,12-14,21,25H,8-11H2,1H3/t13-,14?,21-,22?/m1/s1. The fraction of sp³-hybridized carbons (Fsp3) is 0.409. The third-order valence-electron chi connectivity index (χ3n) is 6.99. The minimum atomic E-state index is 0.281. The van der Waals surface area contributed by atoms with Crippen molar-refractivity contribution in [3.05, 3.63) is 64.0 Å². The number of halogens is 1. The Morgan fingerprint density at radius 1 is 1.15 bits per heavy atom. The second kappa shape index (κ2) is 5.20. The highest BCUT2D eigenvalue weighted by Gasteiger charge is 2.63. The van der Waals surface area contributed by atoms with Gasteiger partial charge in [0.2, 0.25) is 0 Å². The predicted octanol–water partition coefficient (Wildman–Crippen LogP) is 5.21. The van der Waals surface area contributed by atoms with Crippen molar-refractivity contribution in [3.63, 3.8) is 0 Å². The van der Waals surface area contributed by atoms with Crippen molar-refractivity contribution >= 4 is 26.8 Å². The number of benzene rings is 1. The third kappa shape index (κ3) is 1.95. The Morgan fingerprint density at radius 3 is 2.65 bits per heavy atom. The molecule has 3 aromatic rings. The van der Waals surface area contributed by atoms with E-state index in [0.717, 1.165) is 16.9 Å². The average molecular weight is 408 g/mol. The molecule has 132 valence electrons. The number of rotatable bonds is 2. The largest absolute Gasteiger partial charge is 0.357 e. The number of aromatic amines is 1. The molecule has 2 bridgehead atoms. The lowest BCUT2D eigenvalue weighted by molar-refractivity contribution is -0.174. The molecule has 4 aliphatic rings. The molecule has 3 saturated carbocycles. The fourth-order valence-electron chi connectivity index (χ4n) is 5.83. The van der Waals surface area contributed by atoms with Gasteiger partial charge in [0.25, 0.3) is 0 Å². The van der Waals surface area contributed by atoms with Crippen molar-refractivity contribution in [1.82, 2.24) is 14.9 Å². The van der Waals surface area contributed by atoms with E-state index in [1.165, 1.54) is 47.0 Å². The van der Waals surface area contributed by atoms with E-state index in [2.05, 4.69) is 80.3 Å². The number of nitrogens with one attached hydrogen (secondary N) is 1. The van der Waals surface area contributed by atoms with E-state index < -0.39 is 0 Å². The van der Waals surface area contributed by atoms with Gasteiger partial charge in [-0.3, -0.25) is 4.90 Å². The molecule has 1 aromatic carbocycles.